The van der Waals surface area contributed by atoms with E-state index in [1.54, 1.807) is 0 Å². The first-order chi connectivity index (χ1) is 11.2. The van der Waals surface area contributed by atoms with Crippen LogP contribution in [0.15, 0.2) is 4.99 Å². The first-order valence-corrected chi connectivity index (χ1v) is 7.57. The molecule has 0 radical (unpaired) electrons. The first-order valence-electron chi connectivity index (χ1n) is 6.94. The average Bonchev–Trinajstić information content (AvgIpc) is 2.48. The summed E-state index contributed by atoms with van der Waals surface area (Å²) < 4.78 is 0. The Labute approximate surface area is 143 Å². The van der Waals surface area contributed by atoms with Crippen molar-refractivity contribution in [2.45, 2.75) is 31.3 Å². The summed E-state index contributed by atoms with van der Waals surface area (Å²) in [5, 5.41) is 13.3. The lowest BCUT2D eigenvalue weighted by molar-refractivity contribution is -0.140. The minimum Gasteiger partial charge on any atom is -0.481 e. The van der Waals surface area contributed by atoms with Gasteiger partial charge in [0.25, 0.3) is 0 Å². The molecule has 136 valence electrons. The van der Waals surface area contributed by atoms with Crippen molar-refractivity contribution in [3.63, 3.8) is 0 Å². The fourth-order valence-electron chi connectivity index (χ4n) is 1.69. The second kappa shape index (κ2) is 11.1. The number of carbonyl (C=O) groups excluding carboxylic acids is 3. The molecule has 2 atom stereocenters. The number of rotatable bonds is 11. The van der Waals surface area contributed by atoms with E-state index in [0.717, 1.165) is 0 Å². The number of thiol groups is 1. The van der Waals surface area contributed by atoms with Gasteiger partial charge in [0.05, 0.1) is 12.2 Å². The molecule has 0 unspecified atom stereocenters. The minimum absolute atomic E-state index is 0.106. The number of carboxylic acids is 1. The highest BCUT2D eigenvalue weighted by atomic mass is 32.1. The van der Waals surface area contributed by atoms with Crippen LogP contribution in [0.5, 0.6) is 0 Å². The van der Waals surface area contributed by atoms with Crippen molar-refractivity contribution in [1.82, 2.24) is 10.6 Å². The van der Waals surface area contributed by atoms with Crippen LogP contribution in [0.2, 0.25) is 0 Å². The first kappa shape index (κ1) is 21.5. The van der Waals surface area contributed by atoms with Gasteiger partial charge in [0.1, 0.15) is 12.1 Å². The quantitative estimate of drug-likeness (QED) is 0.0871. The van der Waals surface area contributed by atoms with Crippen LogP contribution in [-0.4, -0.2) is 59.1 Å². The number of aliphatic imine (C=N–C) groups is 1. The van der Waals surface area contributed by atoms with E-state index >= 15 is 0 Å². The molecule has 0 bridgehead atoms. The molecule has 0 fully saturated rings. The summed E-state index contributed by atoms with van der Waals surface area (Å²) >= 11 is 3.73. The van der Waals surface area contributed by atoms with Gasteiger partial charge in [-0.1, -0.05) is 0 Å². The van der Waals surface area contributed by atoms with Gasteiger partial charge in [0, 0.05) is 6.54 Å². The average molecular weight is 362 g/mol. The van der Waals surface area contributed by atoms with E-state index < -0.39 is 42.2 Å². The molecule has 9 N–H and O–H groups in total. The van der Waals surface area contributed by atoms with Crippen molar-refractivity contribution in [3.05, 3.63) is 0 Å². The van der Waals surface area contributed by atoms with Gasteiger partial charge in [-0.3, -0.25) is 24.2 Å². The predicted octanol–water partition coefficient (Wildman–Crippen LogP) is -3.10. The summed E-state index contributed by atoms with van der Waals surface area (Å²) in [6.07, 6.45) is -0.138. The van der Waals surface area contributed by atoms with Crippen molar-refractivity contribution < 1.29 is 24.3 Å². The van der Waals surface area contributed by atoms with Gasteiger partial charge in [-0.05, 0) is 12.8 Å². The number of nitrogens with two attached hydrogens (primary N) is 3. The summed E-state index contributed by atoms with van der Waals surface area (Å²) in [4.78, 5) is 49.3. The number of hydrogen-bond donors (Lipinski definition) is 7. The molecule has 0 heterocycles. The topological polar surface area (TPSA) is 203 Å². The van der Waals surface area contributed by atoms with Gasteiger partial charge in [-0.15, -0.1) is 0 Å². The lowest BCUT2D eigenvalue weighted by Crippen LogP contribution is -2.53. The van der Waals surface area contributed by atoms with Gasteiger partial charge in [-0.2, -0.15) is 12.6 Å². The maximum absolute atomic E-state index is 12.1. The summed E-state index contributed by atoms with van der Waals surface area (Å²) in [7, 11) is 0. The molecule has 0 aliphatic rings. The maximum atomic E-state index is 12.1. The fourth-order valence-corrected chi connectivity index (χ4v) is 1.78. The van der Waals surface area contributed by atoms with Crippen molar-refractivity contribution in [2.75, 3.05) is 12.3 Å². The molecule has 0 saturated heterocycles. The van der Waals surface area contributed by atoms with Crippen LogP contribution in [0.4, 0.5) is 0 Å². The number of guanidine groups is 1. The Morgan fingerprint density at radius 1 is 1.08 bits per heavy atom. The predicted molar refractivity (Wildman–Crippen MR) is 89.1 cm³/mol. The van der Waals surface area contributed by atoms with Gasteiger partial charge >= 0.3 is 5.97 Å². The number of hydrogen-bond acceptors (Lipinski definition) is 6. The smallest absolute Gasteiger partial charge is 0.305 e. The highest BCUT2D eigenvalue weighted by molar-refractivity contribution is 7.81. The van der Waals surface area contributed by atoms with Crippen LogP contribution >= 0.6 is 12.6 Å². The molecule has 0 aromatic carbocycles. The summed E-state index contributed by atoms with van der Waals surface area (Å²) in [5.74, 6) is -3.88. The Hall–Kier alpha value is -2.50. The third-order valence-electron chi connectivity index (χ3n) is 2.78. The number of carboxylic acid groups (broad SMARTS) is 1. The molecule has 0 aliphatic carbocycles. The maximum Gasteiger partial charge on any atom is 0.305 e. The lowest BCUT2D eigenvalue weighted by Gasteiger charge is -2.20. The third kappa shape index (κ3) is 9.50. The molecular formula is C12H22N6O5S. The molecule has 0 rings (SSSR count). The Bertz CT molecular complexity index is 508. The molecule has 11 nitrogen and oxygen atoms in total. The van der Waals surface area contributed by atoms with Crippen molar-refractivity contribution in [1.29, 1.82) is 0 Å². The monoisotopic (exact) mass is 362 g/mol. The number of aliphatic carboxylic acids is 1. The van der Waals surface area contributed by atoms with Gasteiger partial charge in [0.15, 0.2) is 5.96 Å². The van der Waals surface area contributed by atoms with E-state index in [0.29, 0.717) is 6.42 Å². The number of primary amides is 1. The van der Waals surface area contributed by atoms with Crippen LogP contribution in [0.25, 0.3) is 0 Å². The zero-order chi connectivity index (χ0) is 18.7. The normalized spacial score (nSPS) is 12.5. The van der Waals surface area contributed by atoms with Crippen LogP contribution in [0.1, 0.15) is 19.3 Å². The van der Waals surface area contributed by atoms with Gasteiger partial charge < -0.3 is 32.9 Å². The highest BCUT2D eigenvalue weighted by Gasteiger charge is 2.27. The highest BCUT2D eigenvalue weighted by Crippen LogP contribution is 2.01. The van der Waals surface area contributed by atoms with E-state index in [2.05, 4.69) is 28.3 Å². The van der Waals surface area contributed by atoms with Crippen molar-refractivity contribution >= 4 is 42.3 Å². The minimum atomic E-state index is -1.35. The fraction of sp³-hybridized carbons (Fsp3) is 0.583. The van der Waals surface area contributed by atoms with Crippen LogP contribution in [-0.2, 0) is 19.2 Å². The van der Waals surface area contributed by atoms with E-state index in [1.165, 1.54) is 0 Å². The Morgan fingerprint density at radius 2 is 1.71 bits per heavy atom. The Kier molecular flexibility index (Phi) is 9.94. The zero-order valence-corrected chi connectivity index (χ0v) is 13.8. The molecule has 0 aliphatic heterocycles. The number of nitrogens with zero attached hydrogens (tertiary/aromatic N) is 1. The molecule has 3 amide bonds. The molecule has 0 aromatic heterocycles. The second-order valence-electron chi connectivity index (χ2n) is 4.79. The van der Waals surface area contributed by atoms with Gasteiger partial charge in [0.2, 0.25) is 17.7 Å². The van der Waals surface area contributed by atoms with Crippen LogP contribution in [0.3, 0.4) is 0 Å². The molecule has 0 aromatic rings. The number of nitrogens with one attached hydrogen (secondary N) is 2. The largest absolute Gasteiger partial charge is 0.481 e. The van der Waals surface area contributed by atoms with Crippen LogP contribution < -0.4 is 27.8 Å². The van der Waals surface area contributed by atoms with Crippen molar-refractivity contribution in [2.24, 2.45) is 22.2 Å². The number of carbonyl (C=O) groups is 4. The van der Waals surface area contributed by atoms with E-state index in [1.807, 2.05) is 0 Å². The molecule has 24 heavy (non-hydrogen) atoms. The summed E-state index contributed by atoms with van der Waals surface area (Å²) in [5.41, 5.74) is 15.5. The Morgan fingerprint density at radius 3 is 2.17 bits per heavy atom. The van der Waals surface area contributed by atoms with Crippen LogP contribution in [0, 0.1) is 0 Å². The molecular weight excluding hydrogens is 340 g/mol. The zero-order valence-electron chi connectivity index (χ0n) is 12.9. The van der Waals surface area contributed by atoms with E-state index in [4.69, 9.17) is 22.3 Å². The molecule has 0 spiro atoms. The SMILES string of the molecule is NC(=O)[C@H](CCCN=C(N)N)NC(=O)[C@H](CC(=O)O)NC(=O)CS. The number of amides is 3. The van der Waals surface area contributed by atoms with Crippen molar-refractivity contribution in [3.8, 4) is 0 Å². The standard InChI is InChI=1S/C12H22N6O5S/c13-10(22)6(2-1-3-16-12(14)15)18-11(23)7(4-9(20)21)17-8(19)5-24/h6-7,24H,1-5H2,(H2,13,22)(H,17,19)(H,18,23)(H,20,21)(H4,14,15,16)/t6-,7-/m0/s1. The van der Waals surface area contributed by atoms with E-state index in [-0.39, 0.29) is 24.7 Å². The molecule has 12 heteroatoms. The van der Waals surface area contributed by atoms with Gasteiger partial charge in [-0.25, -0.2) is 0 Å². The lowest BCUT2D eigenvalue weighted by atomic mass is 10.1. The molecule has 0 saturated carbocycles. The third-order valence-corrected chi connectivity index (χ3v) is 3.07. The Balaban J connectivity index is 4.78. The summed E-state index contributed by atoms with van der Waals surface area (Å²) in [6.45, 7) is 0.233. The second-order valence-corrected chi connectivity index (χ2v) is 5.10. The van der Waals surface area contributed by atoms with E-state index in [9.17, 15) is 19.2 Å². The summed E-state index contributed by atoms with van der Waals surface area (Å²) in [6, 6.07) is -2.39.